The van der Waals surface area contributed by atoms with Crippen molar-refractivity contribution >= 4 is 16.0 Å². The van der Waals surface area contributed by atoms with E-state index in [0.29, 0.717) is 13.0 Å². The molecule has 0 unspecified atom stereocenters. The number of aromatic nitrogens is 2. The summed E-state index contributed by atoms with van der Waals surface area (Å²) in [4.78, 5) is 16.1. The van der Waals surface area contributed by atoms with Crippen molar-refractivity contribution in [2.75, 3.05) is 26.0 Å². The Morgan fingerprint density at radius 3 is 2.73 bits per heavy atom. The molecule has 124 valence electrons. The zero-order valence-electron chi connectivity index (χ0n) is 13.2. The highest BCUT2D eigenvalue weighted by Gasteiger charge is 2.44. The predicted molar refractivity (Wildman–Crippen MR) is 81.7 cm³/mol. The fourth-order valence-electron chi connectivity index (χ4n) is 2.87. The molecular weight excluding hydrogens is 306 g/mol. The van der Waals surface area contributed by atoms with Crippen LogP contribution in [0.1, 0.15) is 31.4 Å². The van der Waals surface area contributed by atoms with Crippen molar-refractivity contribution in [1.29, 1.82) is 0 Å². The minimum absolute atomic E-state index is 0.121. The zero-order chi connectivity index (χ0) is 16.3. The normalized spacial score (nSPS) is 22.9. The molecule has 1 aromatic rings. The van der Waals surface area contributed by atoms with Crippen LogP contribution in [0.5, 0.6) is 0 Å². The molecule has 8 heteroatoms. The van der Waals surface area contributed by atoms with Crippen molar-refractivity contribution in [3.63, 3.8) is 0 Å². The summed E-state index contributed by atoms with van der Waals surface area (Å²) in [6, 6.07) is 0. The molecule has 0 amide bonds. The van der Waals surface area contributed by atoms with E-state index in [2.05, 4.69) is 4.98 Å². The fourth-order valence-corrected chi connectivity index (χ4v) is 4.55. The zero-order valence-corrected chi connectivity index (χ0v) is 14.0. The molecule has 1 fully saturated rings. The molecule has 1 aromatic heterocycles. The largest absolute Gasteiger partial charge is 0.469 e. The van der Waals surface area contributed by atoms with E-state index in [4.69, 9.17) is 4.74 Å². The van der Waals surface area contributed by atoms with E-state index in [1.165, 1.54) is 11.4 Å². The quantitative estimate of drug-likeness (QED) is 0.719. The first-order chi connectivity index (χ1) is 10.4. The van der Waals surface area contributed by atoms with Gasteiger partial charge in [0.05, 0.1) is 25.1 Å². The molecule has 7 nitrogen and oxygen atoms in total. The smallest absolute Gasteiger partial charge is 0.310 e. The highest BCUT2D eigenvalue weighted by Crippen LogP contribution is 2.34. The summed E-state index contributed by atoms with van der Waals surface area (Å²) in [5, 5.41) is 0. The monoisotopic (exact) mass is 329 g/mol. The second-order valence-electron chi connectivity index (χ2n) is 5.65. The molecule has 0 spiro atoms. The van der Waals surface area contributed by atoms with Crippen LogP contribution in [0, 0.1) is 5.92 Å². The summed E-state index contributed by atoms with van der Waals surface area (Å²) in [5.74, 6) is -0.970. The lowest BCUT2D eigenvalue weighted by atomic mass is 9.93. The summed E-state index contributed by atoms with van der Waals surface area (Å²) >= 11 is 0. The predicted octanol–water partition coefficient (Wildman–Crippen LogP) is 0.738. The summed E-state index contributed by atoms with van der Waals surface area (Å²) < 4.78 is 32.9. The first-order valence-corrected chi connectivity index (χ1v) is 9.03. The third kappa shape index (κ3) is 3.33. The van der Waals surface area contributed by atoms with Crippen molar-refractivity contribution in [1.82, 2.24) is 13.9 Å². The molecule has 0 saturated carbocycles. The number of imidazole rings is 1. The van der Waals surface area contributed by atoms with Gasteiger partial charge in [-0.15, -0.1) is 0 Å². The van der Waals surface area contributed by atoms with Gasteiger partial charge in [-0.1, -0.05) is 13.3 Å². The molecule has 2 atom stereocenters. The number of methoxy groups -OCH3 is 1. The lowest BCUT2D eigenvalue weighted by molar-refractivity contribution is -0.145. The molecule has 22 heavy (non-hydrogen) atoms. The maximum Gasteiger partial charge on any atom is 0.310 e. The molecule has 0 N–H and O–H groups in total. The molecule has 0 aliphatic carbocycles. The Morgan fingerprint density at radius 2 is 2.18 bits per heavy atom. The lowest BCUT2D eigenvalue weighted by Gasteiger charge is -2.16. The van der Waals surface area contributed by atoms with Gasteiger partial charge >= 0.3 is 5.97 Å². The van der Waals surface area contributed by atoms with Gasteiger partial charge in [0.1, 0.15) is 0 Å². The van der Waals surface area contributed by atoms with Crippen LogP contribution in [-0.2, 0) is 26.6 Å². The Bertz CT molecular complexity index is 626. The molecule has 1 aliphatic rings. The van der Waals surface area contributed by atoms with Crippen molar-refractivity contribution in [2.45, 2.75) is 25.7 Å². The van der Waals surface area contributed by atoms with Crippen LogP contribution in [0.25, 0.3) is 0 Å². The summed E-state index contributed by atoms with van der Waals surface area (Å²) in [6.45, 7) is 2.43. The van der Waals surface area contributed by atoms with Crippen molar-refractivity contribution in [2.24, 2.45) is 13.0 Å². The van der Waals surface area contributed by atoms with Gasteiger partial charge in [-0.3, -0.25) is 4.79 Å². The van der Waals surface area contributed by atoms with Crippen LogP contribution < -0.4 is 0 Å². The number of carbonyl (C=O) groups is 1. The van der Waals surface area contributed by atoms with E-state index in [1.807, 2.05) is 18.5 Å². The number of sulfonamides is 1. The number of unbranched alkanes of at least 4 members (excludes halogenated alkanes) is 1. The van der Waals surface area contributed by atoms with Gasteiger partial charge in [0, 0.05) is 37.9 Å². The number of hydrogen-bond acceptors (Lipinski definition) is 5. The van der Waals surface area contributed by atoms with E-state index in [1.54, 1.807) is 12.5 Å². The SMILES string of the molecule is CCCCS(=O)(=O)N1C[C@H](C(=O)OC)[C@@H](c2cncn2C)C1. The lowest BCUT2D eigenvalue weighted by Crippen LogP contribution is -2.32. The van der Waals surface area contributed by atoms with Gasteiger partial charge in [0.25, 0.3) is 0 Å². The van der Waals surface area contributed by atoms with Crippen LogP contribution in [-0.4, -0.2) is 54.2 Å². The van der Waals surface area contributed by atoms with Crippen molar-refractivity contribution < 1.29 is 17.9 Å². The first-order valence-electron chi connectivity index (χ1n) is 7.42. The highest BCUT2D eigenvalue weighted by molar-refractivity contribution is 7.89. The number of ether oxygens (including phenoxy) is 1. The van der Waals surface area contributed by atoms with E-state index >= 15 is 0 Å². The van der Waals surface area contributed by atoms with Gasteiger partial charge in [0.15, 0.2) is 0 Å². The Labute approximate surface area is 131 Å². The van der Waals surface area contributed by atoms with Gasteiger partial charge in [-0.2, -0.15) is 0 Å². The third-order valence-electron chi connectivity index (χ3n) is 4.17. The topological polar surface area (TPSA) is 81.5 Å². The first kappa shape index (κ1) is 17.0. The van der Waals surface area contributed by atoms with Gasteiger partial charge in [0.2, 0.25) is 10.0 Å². The van der Waals surface area contributed by atoms with Crippen LogP contribution in [0.15, 0.2) is 12.5 Å². The van der Waals surface area contributed by atoms with E-state index in [0.717, 1.165) is 12.1 Å². The number of esters is 1. The number of aryl methyl sites for hydroxylation is 1. The number of rotatable bonds is 6. The molecule has 2 heterocycles. The fraction of sp³-hybridized carbons (Fsp3) is 0.714. The summed E-state index contributed by atoms with van der Waals surface area (Å²) in [6.07, 6.45) is 4.78. The average molecular weight is 329 g/mol. The molecule has 0 bridgehead atoms. The second-order valence-corrected chi connectivity index (χ2v) is 7.74. The van der Waals surface area contributed by atoms with Gasteiger partial charge in [-0.05, 0) is 6.42 Å². The maximum absolute atomic E-state index is 12.4. The van der Waals surface area contributed by atoms with Gasteiger partial charge in [-0.25, -0.2) is 17.7 Å². The molecule has 0 radical (unpaired) electrons. The molecule has 1 saturated heterocycles. The number of carbonyl (C=O) groups excluding carboxylic acids is 1. The minimum Gasteiger partial charge on any atom is -0.469 e. The van der Waals surface area contributed by atoms with Crippen LogP contribution in [0.2, 0.25) is 0 Å². The molecular formula is C14H23N3O4S. The Balaban J connectivity index is 2.26. The number of nitrogens with zero attached hydrogens (tertiary/aromatic N) is 3. The van der Waals surface area contributed by atoms with Crippen LogP contribution in [0.4, 0.5) is 0 Å². The maximum atomic E-state index is 12.4. The molecule has 2 rings (SSSR count). The van der Waals surface area contributed by atoms with Crippen LogP contribution >= 0.6 is 0 Å². The van der Waals surface area contributed by atoms with E-state index < -0.39 is 15.9 Å². The Morgan fingerprint density at radius 1 is 1.45 bits per heavy atom. The summed E-state index contributed by atoms with van der Waals surface area (Å²) in [5.41, 5.74) is 0.851. The standard InChI is InChI=1S/C14H23N3O4S/c1-4-5-6-22(19,20)17-8-11(12(9-17)14(18)21-3)13-7-15-10-16(13)2/h7,10-12H,4-6,8-9H2,1-3H3/t11-,12-/m0/s1. The van der Waals surface area contributed by atoms with Crippen molar-refractivity contribution in [3.05, 3.63) is 18.2 Å². The minimum atomic E-state index is -3.34. The number of hydrogen-bond donors (Lipinski definition) is 0. The Hall–Kier alpha value is -1.41. The Kier molecular flexibility index (Phi) is 5.23. The van der Waals surface area contributed by atoms with Crippen molar-refractivity contribution in [3.8, 4) is 0 Å². The summed E-state index contributed by atoms with van der Waals surface area (Å²) in [7, 11) is -0.169. The third-order valence-corrected chi connectivity index (χ3v) is 6.06. The molecule has 0 aromatic carbocycles. The second kappa shape index (κ2) is 6.78. The molecule has 1 aliphatic heterocycles. The van der Waals surface area contributed by atoms with E-state index in [-0.39, 0.29) is 24.2 Å². The highest BCUT2D eigenvalue weighted by atomic mass is 32.2. The van der Waals surface area contributed by atoms with Crippen LogP contribution in [0.3, 0.4) is 0 Å². The van der Waals surface area contributed by atoms with E-state index in [9.17, 15) is 13.2 Å². The van der Waals surface area contributed by atoms with Gasteiger partial charge < -0.3 is 9.30 Å². The average Bonchev–Trinajstić information content (AvgIpc) is 3.10.